The molecule has 100 valence electrons. The van der Waals surface area contributed by atoms with Crippen molar-refractivity contribution in [2.24, 2.45) is 4.99 Å². The molecule has 2 N–H and O–H groups in total. The summed E-state index contributed by atoms with van der Waals surface area (Å²) in [6.07, 6.45) is 2.48. The fraction of sp³-hybridized carbons (Fsp3) is 0.692. The van der Waals surface area contributed by atoms with Crippen LogP contribution in [0.4, 0.5) is 0 Å². The van der Waals surface area contributed by atoms with Crippen LogP contribution >= 0.6 is 0 Å². The Morgan fingerprint density at radius 3 is 2.89 bits per heavy atom. The monoisotopic (exact) mass is 250 g/mol. The Hall–Kier alpha value is -1.52. The van der Waals surface area contributed by atoms with E-state index < -0.39 is 0 Å². The summed E-state index contributed by atoms with van der Waals surface area (Å²) >= 11 is 0. The van der Waals surface area contributed by atoms with Crippen molar-refractivity contribution in [2.75, 3.05) is 6.54 Å². The van der Waals surface area contributed by atoms with Crippen LogP contribution < -0.4 is 10.6 Å². The van der Waals surface area contributed by atoms with Crippen LogP contribution in [0.25, 0.3) is 0 Å². The van der Waals surface area contributed by atoms with E-state index in [2.05, 4.69) is 41.6 Å². The van der Waals surface area contributed by atoms with Crippen LogP contribution in [0.2, 0.25) is 0 Å². The van der Waals surface area contributed by atoms with Gasteiger partial charge in [-0.2, -0.15) is 0 Å². The molecular weight excluding hydrogens is 228 g/mol. The molecular formula is C13H22N4O. The second kappa shape index (κ2) is 5.89. The Bertz CT molecular complexity index is 407. The number of nitrogens with zero attached hydrogens (tertiary/aromatic N) is 2. The minimum absolute atomic E-state index is 0.393. The lowest BCUT2D eigenvalue weighted by Crippen LogP contribution is -2.38. The molecule has 18 heavy (non-hydrogen) atoms. The highest BCUT2D eigenvalue weighted by Gasteiger charge is 2.22. The molecule has 1 saturated carbocycles. The van der Waals surface area contributed by atoms with E-state index in [0.29, 0.717) is 18.5 Å². The Labute approximate surface area is 108 Å². The summed E-state index contributed by atoms with van der Waals surface area (Å²) in [4.78, 5) is 4.50. The number of hydrogen-bond acceptors (Lipinski definition) is 3. The van der Waals surface area contributed by atoms with E-state index in [1.807, 2.05) is 6.07 Å². The zero-order valence-corrected chi connectivity index (χ0v) is 11.4. The number of rotatable bonds is 5. The van der Waals surface area contributed by atoms with Crippen LogP contribution in [-0.2, 0) is 6.54 Å². The van der Waals surface area contributed by atoms with E-state index in [4.69, 9.17) is 4.52 Å². The van der Waals surface area contributed by atoms with E-state index >= 15 is 0 Å². The second-order valence-corrected chi connectivity index (χ2v) is 4.99. The van der Waals surface area contributed by atoms with Gasteiger partial charge < -0.3 is 15.2 Å². The molecule has 1 aliphatic carbocycles. The molecule has 1 heterocycles. The van der Waals surface area contributed by atoms with Gasteiger partial charge in [0.2, 0.25) is 0 Å². The third-order valence-corrected chi connectivity index (χ3v) is 2.82. The molecule has 0 amide bonds. The van der Waals surface area contributed by atoms with Crippen molar-refractivity contribution in [2.45, 2.75) is 52.1 Å². The molecule has 0 saturated heterocycles. The molecule has 1 fully saturated rings. The Kier molecular flexibility index (Phi) is 4.23. The van der Waals surface area contributed by atoms with E-state index in [1.165, 1.54) is 12.8 Å². The third kappa shape index (κ3) is 3.75. The van der Waals surface area contributed by atoms with Gasteiger partial charge in [-0.15, -0.1) is 0 Å². The molecule has 0 radical (unpaired) electrons. The van der Waals surface area contributed by atoms with E-state index in [9.17, 15) is 0 Å². The van der Waals surface area contributed by atoms with Crippen molar-refractivity contribution in [1.29, 1.82) is 0 Å². The lowest BCUT2D eigenvalue weighted by molar-refractivity contribution is 0.376. The third-order valence-electron chi connectivity index (χ3n) is 2.82. The SMILES string of the molecule is CCNC(=NCc1cc(C(C)C)no1)NC1CC1. The summed E-state index contributed by atoms with van der Waals surface area (Å²) in [5, 5.41) is 10.6. The topological polar surface area (TPSA) is 62.5 Å². The normalized spacial score (nSPS) is 16.1. The Morgan fingerprint density at radius 1 is 1.56 bits per heavy atom. The molecule has 5 nitrogen and oxygen atoms in total. The summed E-state index contributed by atoms with van der Waals surface area (Å²) in [6.45, 7) is 7.66. The van der Waals surface area contributed by atoms with Crippen LogP contribution in [0.3, 0.4) is 0 Å². The van der Waals surface area contributed by atoms with Gasteiger partial charge in [-0.3, -0.25) is 0 Å². The fourth-order valence-electron chi connectivity index (χ4n) is 1.57. The molecule has 0 aromatic carbocycles. The fourth-order valence-corrected chi connectivity index (χ4v) is 1.57. The van der Waals surface area contributed by atoms with E-state index in [0.717, 1.165) is 24.0 Å². The number of nitrogens with one attached hydrogen (secondary N) is 2. The van der Waals surface area contributed by atoms with Gasteiger partial charge in [0.15, 0.2) is 11.7 Å². The molecule has 5 heteroatoms. The van der Waals surface area contributed by atoms with Crippen molar-refractivity contribution in [1.82, 2.24) is 15.8 Å². The molecule has 2 rings (SSSR count). The van der Waals surface area contributed by atoms with Crippen molar-refractivity contribution in [3.8, 4) is 0 Å². The van der Waals surface area contributed by atoms with Crippen molar-refractivity contribution < 1.29 is 4.52 Å². The van der Waals surface area contributed by atoms with Gasteiger partial charge in [0.25, 0.3) is 0 Å². The second-order valence-electron chi connectivity index (χ2n) is 4.99. The summed E-state index contributed by atoms with van der Waals surface area (Å²) < 4.78 is 5.26. The van der Waals surface area contributed by atoms with Gasteiger partial charge in [0.05, 0.1) is 5.69 Å². The molecule has 0 aliphatic heterocycles. The first-order valence-corrected chi connectivity index (χ1v) is 6.69. The Balaban J connectivity index is 1.92. The molecule has 1 aromatic heterocycles. The number of hydrogen-bond donors (Lipinski definition) is 2. The first kappa shape index (κ1) is 12.9. The average molecular weight is 250 g/mol. The maximum atomic E-state index is 5.26. The smallest absolute Gasteiger partial charge is 0.191 e. The molecule has 0 unspecified atom stereocenters. The molecule has 1 aromatic rings. The van der Waals surface area contributed by atoms with Crippen LogP contribution in [0.1, 0.15) is 51.0 Å². The van der Waals surface area contributed by atoms with Crippen LogP contribution in [0.5, 0.6) is 0 Å². The van der Waals surface area contributed by atoms with Gasteiger partial charge >= 0.3 is 0 Å². The van der Waals surface area contributed by atoms with Crippen LogP contribution in [0, 0.1) is 0 Å². The lowest BCUT2D eigenvalue weighted by Gasteiger charge is -2.09. The first-order valence-electron chi connectivity index (χ1n) is 6.69. The van der Waals surface area contributed by atoms with E-state index in [-0.39, 0.29) is 0 Å². The number of guanidine groups is 1. The summed E-state index contributed by atoms with van der Waals surface area (Å²) in [5.74, 6) is 2.07. The lowest BCUT2D eigenvalue weighted by atomic mass is 10.1. The Morgan fingerprint density at radius 2 is 2.33 bits per heavy atom. The number of aromatic nitrogens is 1. The zero-order chi connectivity index (χ0) is 13.0. The molecule has 0 atom stereocenters. The van der Waals surface area contributed by atoms with E-state index in [1.54, 1.807) is 0 Å². The van der Waals surface area contributed by atoms with Gasteiger partial charge in [-0.05, 0) is 25.7 Å². The van der Waals surface area contributed by atoms with Crippen molar-refractivity contribution >= 4 is 5.96 Å². The minimum Gasteiger partial charge on any atom is -0.359 e. The highest BCUT2D eigenvalue weighted by molar-refractivity contribution is 5.80. The predicted octanol–water partition coefficient (Wildman–Crippen LogP) is 2.02. The predicted molar refractivity (Wildman–Crippen MR) is 71.6 cm³/mol. The molecule has 0 bridgehead atoms. The minimum atomic E-state index is 0.393. The maximum absolute atomic E-state index is 5.26. The average Bonchev–Trinajstić information content (AvgIpc) is 3.01. The first-order chi connectivity index (χ1) is 8.69. The molecule has 1 aliphatic rings. The van der Waals surface area contributed by atoms with Crippen LogP contribution in [-0.4, -0.2) is 23.7 Å². The van der Waals surface area contributed by atoms with Gasteiger partial charge in [-0.1, -0.05) is 19.0 Å². The maximum Gasteiger partial charge on any atom is 0.191 e. The van der Waals surface area contributed by atoms with Crippen LogP contribution in [0.15, 0.2) is 15.6 Å². The summed E-state index contributed by atoms with van der Waals surface area (Å²) in [5.41, 5.74) is 0.986. The van der Waals surface area contributed by atoms with Crippen molar-refractivity contribution in [3.05, 3.63) is 17.5 Å². The van der Waals surface area contributed by atoms with Gasteiger partial charge in [0, 0.05) is 18.7 Å². The molecule has 0 spiro atoms. The summed E-state index contributed by atoms with van der Waals surface area (Å²) in [6, 6.07) is 2.58. The largest absolute Gasteiger partial charge is 0.359 e. The zero-order valence-electron chi connectivity index (χ0n) is 11.4. The quantitative estimate of drug-likeness (QED) is 0.620. The standard InChI is InChI=1S/C13H22N4O/c1-4-14-13(16-10-5-6-10)15-8-11-7-12(9(2)3)17-18-11/h7,9-10H,4-6,8H2,1-3H3,(H2,14,15,16). The highest BCUT2D eigenvalue weighted by atomic mass is 16.5. The highest BCUT2D eigenvalue weighted by Crippen LogP contribution is 2.18. The van der Waals surface area contributed by atoms with Gasteiger partial charge in [-0.25, -0.2) is 4.99 Å². The number of aliphatic imine (C=N–C) groups is 1. The summed E-state index contributed by atoms with van der Waals surface area (Å²) in [7, 11) is 0. The van der Waals surface area contributed by atoms with Crippen molar-refractivity contribution in [3.63, 3.8) is 0 Å². The van der Waals surface area contributed by atoms with Gasteiger partial charge in [0.1, 0.15) is 6.54 Å².